The van der Waals surface area contributed by atoms with Crippen LogP contribution in [-0.4, -0.2) is 16.2 Å². The summed E-state index contributed by atoms with van der Waals surface area (Å²) in [5, 5.41) is 20.0. The van der Waals surface area contributed by atoms with Crippen molar-refractivity contribution in [2.75, 3.05) is 0 Å². The van der Waals surface area contributed by atoms with Crippen molar-refractivity contribution in [2.45, 2.75) is 13.1 Å². The molecule has 0 bridgehead atoms. The maximum Gasteiger partial charge on any atom is 0.416 e. The lowest BCUT2D eigenvalue weighted by atomic mass is 9.93. The van der Waals surface area contributed by atoms with Crippen LogP contribution in [0.4, 0.5) is 13.2 Å². The Morgan fingerprint density at radius 3 is 2.38 bits per heavy atom. The second-order valence-corrected chi connectivity index (χ2v) is 7.72. The number of halogens is 3. The van der Waals surface area contributed by atoms with Gasteiger partial charge in [0.25, 0.3) is 0 Å². The summed E-state index contributed by atoms with van der Waals surface area (Å²) in [5.74, 6) is -0.247. The van der Waals surface area contributed by atoms with Crippen LogP contribution in [-0.2, 0) is 11.0 Å². The molecular formula is C27H19F3O4. The van der Waals surface area contributed by atoms with Crippen LogP contribution in [0.25, 0.3) is 28.0 Å². The van der Waals surface area contributed by atoms with Crippen molar-refractivity contribution in [1.29, 1.82) is 0 Å². The van der Waals surface area contributed by atoms with Gasteiger partial charge in [-0.05, 0) is 77.5 Å². The minimum absolute atomic E-state index is 0.0549. The summed E-state index contributed by atoms with van der Waals surface area (Å²) in [6.07, 6.45) is -2.04. The van der Waals surface area contributed by atoms with E-state index in [1.54, 1.807) is 55.5 Å². The van der Waals surface area contributed by atoms with Crippen LogP contribution >= 0.6 is 0 Å². The Morgan fingerprint density at radius 2 is 1.71 bits per heavy atom. The van der Waals surface area contributed by atoms with Gasteiger partial charge in [-0.1, -0.05) is 30.3 Å². The Labute approximate surface area is 193 Å². The normalized spacial score (nSPS) is 11.8. The maximum absolute atomic E-state index is 13.4. The molecule has 7 heteroatoms. The third-order valence-electron chi connectivity index (χ3n) is 5.27. The molecule has 4 nitrogen and oxygen atoms in total. The molecule has 34 heavy (non-hydrogen) atoms. The van der Waals surface area contributed by atoms with Crippen LogP contribution in [0.15, 0.2) is 78.9 Å². The number of carboxylic acids is 1. The van der Waals surface area contributed by atoms with Gasteiger partial charge >= 0.3 is 12.1 Å². The Balaban J connectivity index is 1.87. The number of fused-ring (bicyclic) bond motifs is 1. The zero-order valence-corrected chi connectivity index (χ0v) is 17.9. The number of hydrogen-bond donors (Lipinski definition) is 2. The molecule has 0 saturated carbocycles. The first kappa shape index (κ1) is 22.9. The van der Waals surface area contributed by atoms with Gasteiger partial charge in [-0.15, -0.1) is 0 Å². The van der Waals surface area contributed by atoms with Gasteiger partial charge in [0, 0.05) is 17.0 Å². The summed E-state index contributed by atoms with van der Waals surface area (Å²) in [4.78, 5) is 10.7. The third kappa shape index (κ3) is 4.88. The number of hydrogen-bond acceptors (Lipinski definition) is 3. The first-order valence-electron chi connectivity index (χ1n) is 10.2. The van der Waals surface area contributed by atoms with Gasteiger partial charge in [0.1, 0.15) is 17.2 Å². The molecule has 0 amide bonds. The number of aromatic hydroxyl groups is 1. The summed E-state index contributed by atoms with van der Waals surface area (Å²) in [5.41, 5.74) is 1.40. The summed E-state index contributed by atoms with van der Waals surface area (Å²) in [6, 6.07) is 18.2. The Kier molecular flexibility index (Phi) is 6.03. The number of rotatable bonds is 5. The molecule has 2 N–H and O–H groups in total. The van der Waals surface area contributed by atoms with Crippen LogP contribution in [0, 0.1) is 6.92 Å². The van der Waals surface area contributed by atoms with Crippen molar-refractivity contribution in [3.63, 3.8) is 0 Å². The SMILES string of the molecule is Cc1cc2cc(O)ccc2c(Oc2ccc(/C=C/C(=O)O)cc2)c1-c1cccc(C(F)(F)F)c1. The van der Waals surface area contributed by atoms with E-state index in [-0.39, 0.29) is 5.75 Å². The highest BCUT2D eigenvalue weighted by atomic mass is 19.4. The summed E-state index contributed by atoms with van der Waals surface area (Å²) < 4.78 is 46.3. The van der Waals surface area contributed by atoms with Crippen molar-refractivity contribution in [2.24, 2.45) is 0 Å². The molecule has 4 aromatic carbocycles. The monoisotopic (exact) mass is 464 g/mol. The lowest BCUT2D eigenvalue weighted by Crippen LogP contribution is -2.04. The van der Waals surface area contributed by atoms with E-state index in [2.05, 4.69) is 0 Å². The molecule has 0 aromatic heterocycles. The molecule has 0 aliphatic rings. The smallest absolute Gasteiger partial charge is 0.416 e. The molecule has 0 saturated heterocycles. The minimum Gasteiger partial charge on any atom is -0.508 e. The van der Waals surface area contributed by atoms with E-state index in [1.165, 1.54) is 18.2 Å². The van der Waals surface area contributed by atoms with Gasteiger partial charge in [-0.3, -0.25) is 0 Å². The number of phenols is 1. The van der Waals surface area contributed by atoms with Crippen LogP contribution in [0.1, 0.15) is 16.7 Å². The molecule has 0 atom stereocenters. The topological polar surface area (TPSA) is 66.8 Å². The number of benzene rings is 4. The molecule has 0 fully saturated rings. The molecule has 0 aliphatic carbocycles. The maximum atomic E-state index is 13.4. The van der Waals surface area contributed by atoms with Crippen molar-refractivity contribution < 1.29 is 32.9 Å². The molecule has 0 aliphatic heterocycles. The molecule has 0 spiro atoms. The molecule has 0 unspecified atom stereocenters. The number of alkyl halides is 3. The molecule has 0 heterocycles. The van der Waals surface area contributed by atoms with Crippen molar-refractivity contribution in [3.05, 3.63) is 95.6 Å². The van der Waals surface area contributed by atoms with Gasteiger partial charge in [0.2, 0.25) is 0 Å². The molecule has 4 aromatic rings. The fourth-order valence-electron chi connectivity index (χ4n) is 3.74. The van der Waals surface area contributed by atoms with Gasteiger partial charge in [0.05, 0.1) is 5.56 Å². The fraction of sp³-hybridized carbons (Fsp3) is 0.0741. The quantitative estimate of drug-likeness (QED) is 0.302. The number of carbonyl (C=O) groups is 1. The Morgan fingerprint density at radius 1 is 0.971 bits per heavy atom. The van der Waals surface area contributed by atoms with Gasteiger partial charge < -0.3 is 14.9 Å². The van der Waals surface area contributed by atoms with E-state index in [4.69, 9.17) is 9.84 Å². The third-order valence-corrected chi connectivity index (χ3v) is 5.27. The standard InChI is InChI=1S/C27H19F3O4/c1-16-13-19-15-21(31)8-11-23(19)26(25(16)18-3-2-4-20(14-18)27(28,29)30)34-22-9-5-17(6-10-22)7-12-24(32)33/h2-15,31H,1H3,(H,32,33)/b12-7+. The number of ether oxygens (including phenoxy) is 1. The van der Waals surface area contributed by atoms with Crippen molar-refractivity contribution in [1.82, 2.24) is 0 Å². The average Bonchev–Trinajstić information content (AvgIpc) is 2.78. The minimum atomic E-state index is -4.49. The van der Waals surface area contributed by atoms with Crippen LogP contribution in [0.3, 0.4) is 0 Å². The molecule has 4 rings (SSSR count). The zero-order chi connectivity index (χ0) is 24.5. The number of aryl methyl sites for hydroxylation is 1. The molecule has 0 radical (unpaired) electrons. The second kappa shape index (κ2) is 8.94. The van der Waals surface area contributed by atoms with E-state index in [1.807, 2.05) is 0 Å². The van der Waals surface area contributed by atoms with Crippen LogP contribution in [0.2, 0.25) is 0 Å². The van der Waals surface area contributed by atoms with Crippen LogP contribution in [0.5, 0.6) is 17.2 Å². The number of phenolic OH excluding ortho intramolecular Hbond substituents is 1. The predicted octanol–water partition coefficient (Wildman–Crippen LogP) is 7.43. The first-order chi connectivity index (χ1) is 16.1. The van der Waals surface area contributed by atoms with Crippen molar-refractivity contribution in [3.8, 4) is 28.4 Å². The van der Waals surface area contributed by atoms with Gasteiger partial charge in [-0.2, -0.15) is 13.2 Å². The summed E-state index contributed by atoms with van der Waals surface area (Å²) in [6.45, 7) is 1.77. The Hall–Kier alpha value is -4.26. The summed E-state index contributed by atoms with van der Waals surface area (Å²) in [7, 11) is 0. The zero-order valence-electron chi connectivity index (χ0n) is 17.9. The average molecular weight is 464 g/mol. The van der Waals surface area contributed by atoms with E-state index in [0.717, 1.165) is 18.2 Å². The van der Waals surface area contributed by atoms with E-state index >= 15 is 0 Å². The number of aliphatic carboxylic acids is 1. The van der Waals surface area contributed by atoms with Gasteiger partial charge in [0.15, 0.2) is 0 Å². The summed E-state index contributed by atoms with van der Waals surface area (Å²) >= 11 is 0. The lowest BCUT2D eigenvalue weighted by molar-refractivity contribution is -0.137. The second-order valence-electron chi connectivity index (χ2n) is 7.72. The molecule has 172 valence electrons. The molecular weight excluding hydrogens is 445 g/mol. The highest BCUT2D eigenvalue weighted by Gasteiger charge is 2.31. The van der Waals surface area contributed by atoms with Gasteiger partial charge in [-0.25, -0.2) is 4.79 Å². The highest BCUT2D eigenvalue weighted by Crippen LogP contribution is 2.44. The highest BCUT2D eigenvalue weighted by molar-refractivity contribution is 5.97. The van der Waals surface area contributed by atoms with E-state index in [9.17, 15) is 23.1 Å². The predicted molar refractivity (Wildman–Crippen MR) is 124 cm³/mol. The van der Waals surface area contributed by atoms with Crippen molar-refractivity contribution >= 4 is 22.8 Å². The fourth-order valence-corrected chi connectivity index (χ4v) is 3.74. The largest absolute Gasteiger partial charge is 0.508 e. The first-order valence-corrected chi connectivity index (χ1v) is 10.2. The Bertz CT molecular complexity index is 1400. The van der Waals surface area contributed by atoms with E-state index in [0.29, 0.717) is 44.5 Å². The number of carboxylic acid groups (broad SMARTS) is 1. The lowest BCUT2D eigenvalue weighted by Gasteiger charge is -2.18. The van der Waals surface area contributed by atoms with E-state index < -0.39 is 17.7 Å². The van der Waals surface area contributed by atoms with Crippen LogP contribution < -0.4 is 4.74 Å².